The van der Waals surface area contributed by atoms with Crippen LogP contribution < -0.4 is 5.32 Å². The van der Waals surface area contributed by atoms with Gasteiger partial charge in [-0.25, -0.2) is 4.98 Å². The molecule has 1 fully saturated rings. The summed E-state index contributed by atoms with van der Waals surface area (Å²) < 4.78 is 0. The van der Waals surface area contributed by atoms with Crippen LogP contribution in [0, 0.1) is 0 Å². The van der Waals surface area contributed by atoms with E-state index in [4.69, 9.17) is 4.98 Å². The highest BCUT2D eigenvalue weighted by atomic mass is 32.1. The summed E-state index contributed by atoms with van der Waals surface area (Å²) in [5.74, 6) is 0. The van der Waals surface area contributed by atoms with Crippen molar-refractivity contribution < 1.29 is 0 Å². The number of likely N-dealkylation sites (tertiary alicyclic amines) is 1. The first-order valence-electron chi connectivity index (χ1n) is 7.25. The van der Waals surface area contributed by atoms with Gasteiger partial charge in [0.05, 0.1) is 10.7 Å². The van der Waals surface area contributed by atoms with E-state index in [-0.39, 0.29) is 0 Å². The Morgan fingerprint density at radius 3 is 3.00 bits per heavy atom. The molecule has 0 amide bonds. The van der Waals surface area contributed by atoms with E-state index >= 15 is 0 Å². The SMILES string of the molecule is CCCCNCc1csc(CCN2CCCC2)n1. The predicted molar refractivity (Wildman–Crippen MR) is 78.1 cm³/mol. The Morgan fingerprint density at radius 1 is 1.39 bits per heavy atom. The first kappa shape index (κ1) is 14.0. The van der Waals surface area contributed by atoms with Crippen molar-refractivity contribution in [1.29, 1.82) is 0 Å². The number of rotatable bonds is 8. The van der Waals surface area contributed by atoms with E-state index in [1.54, 1.807) is 0 Å². The molecule has 1 aromatic rings. The largest absolute Gasteiger partial charge is 0.311 e. The normalized spacial score (nSPS) is 16.5. The number of aromatic nitrogens is 1. The molecule has 4 heteroatoms. The van der Waals surface area contributed by atoms with Crippen LogP contribution >= 0.6 is 11.3 Å². The smallest absolute Gasteiger partial charge is 0.0941 e. The van der Waals surface area contributed by atoms with Gasteiger partial charge in [0.25, 0.3) is 0 Å². The summed E-state index contributed by atoms with van der Waals surface area (Å²) in [5, 5.41) is 6.95. The van der Waals surface area contributed by atoms with Crippen LogP contribution in [0.25, 0.3) is 0 Å². The Hall–Kier alpha value is -0.450. The summed E-state index contributed by atoms with van der Waals surface area (Å²) in [7, 11) is 0. The topological polar surface area (TPSA) is 28.2 Å². The number of hydrogen-bond acceptors (Lipinski definition) is 4. The summed E-state index contributed by atoms with van der Waals surface area (Å²) in [6, 6.07) is 0. The van der Waals surface area contributed by atoms with Gasteiger partial charge >= 0.3 is 0 Å². The second-order valence-electron chi connectivity index (χ2n) is 5.06. The van der Waals surface area contributed by atoms with Crippen molar-refractivity contribution in [3.8, 4) is 0 Å². The van der Waals surface area contributed by atoms with E-state index < -0.39 is 0 Å². The molecule has 1 saturated heterocycles. The van der Waals surface area contributed by atoms with Gasteiger partial charge in [-0.05, 0) is 38.9 Å². The zero-order valence-electron chi connectivity index (χ0n) is 11.5. The van der Waals surface area contributed by atoms with E-state index in [2.05, 4.69) is 22.5 Å². The molecule has 0 radical (unpaired) electrons. The highest BCUT2D eigenvalue weighted by molar-refractivity contribution is 7.09. The van der Waals surface area contributed by atoms with Crippen molar-refractivity contribution in [2.75, 3.05) is 26.2 Å². The lowest BCUT2D eigenvalue weighted by molar-refractivity contribution is 0.343. The summed E-state index contributed by atoms with van der Waals surface area (Å²) in [6.07, 6.45) is 6.39. The van der Waals surface area contributed by atoms with Gasteiger partial charge in [0.15, 0.2) is 0 Å². The second kappa shape index (κ2) is 7.87. The van der Waals surface area contributed by atoms with Crippen molar-refractivity contribution in [3.63, 3.8) is 0 Å². The Bertz CT molecular complexity index is 332. The van der Waals surface area contributed by atoms with Crippen molar-refractivity contribution in [2.24, 2.45) is 0 Å². The average Bonchev–Trinajstić information content (AvgIpc) is 3.03. The van der Waals surface area contributed by atoms with E-state index in [1.807, 2.05) is 11.3 Å². The first-order chi connectivity index (χ1) is 8.88. The third-order valence-electron chi connectivity index (χ3n) is 3.45. The van der Waals surface area contributed by atoms with Crippen LogP contribution in [-0.4, -0.2) is 36.1 Å². The molecule has 1 N–H and O–H groups in total. The summed E-state index contributed by atoms with van der Waals surface area (Å²) in [4.78, 5) is 7.25. The van der Waals surface area contributed by atoms with Gasteiger partial charge < -0.3 is 10.2 Å². The first-order valence-corrected chi connectivity index (χ1v) is 8.13. The minimum absolute atomic E-state index is 0.931. The van der Waals surface area contributed by atoms with Crippen LogP contribution in [0.4, 0.5) is 0 Å². The minimum atomic E-state index is 0.931. The molecular weight excluding hydrogens is 242 g/mol. The van der Waals surface area contributed by atoms with Crippen LogP contribution in [0.1, 0.15) is 43.3 Å². The molecule has 2 rings (SSSR count). The van der Waals surface area contributed by atoms with Gasteiger partial charge in [-0.15, -0.1) is 11.3 Å². The third kappa shape index (κ3) is 4.67. The van der Waals surface area contributed by atoms with E-state index in [9.17, 15) is 0 Å². The van der Waals surface area contributed by atoms with Crippen LogP contribution in [0.15, 0.2) is 5.38 Å². The Balaban J connectivity index is 1.65. The number of thiazole rings is 1. The molecule has 1 aliphatic heterocycles. The quantitative estimate of drug-likeness (QED) is 0.734. The fourth-order valence-corrected chi connectivity index (χ4v) is 3.11. The summed E-state index contributed by atoms with van der Waals surface area (Å²) >= 11 is 1.82. The monoisotopic (exact) mass is 267 g/mol. The van der Waals surface area contributed by atoms with Crippen LogP contribution in [0.3, 0.4) is 0 Å². The molecule has 0 saturated carbocycles. The van der Waals surface area contributed by atoms with Gasteiger partial charge in [0.2, 0.25) is 0 Å². The zero-order valence-corrected chi connectivity index (χ0v) is 12.3. The van der Waals surface area contributed by atoms with Gasteiger partial charge in [-0.3, -0.25) is 0 Å². The Labute approximate surface area is 115 Å². The fraction of sp³-hybridized carbons (Fsp3) is 0.786. The number of nitrogens with one attached hydrogen (secondary N) is 1. The summed E-state index contributed by atoms with van der Waals surface area (Å²) in [5.41, 5.74) is 1.22. The zero-order chi connectivity index (χ0) is 12.6. The molecule has 18 heavy (non-hydrogen) atoms. The van der Waals surface area contributed by atoms with Crippen LogP contribution in [0.2, 0.25) is 0 Å². The number of hydrogen-bond donors (Lipinski definition) is 1. The lowest BCUT2D eigenvalue weighted by Gasteiger charge is -2.12. The minimum Gasteiger partial charge on any atom is -0.311 e. The maximum atomic E-state index is 4.70. The van der Waals surface area contributed by atoms with Crippen molar-refractivity contribution >= 4 is 11.3 Å². The highest BCUT2D eigenvalue weighted by Crippen LogP contribution is 2.13. The molecule has 1 aromatic heterocycles. The molecule has 3 nitrogen and oxygen atoms in total. The Morgan fingerprint density at radius 2 is 2.22 bits per heavy atom. The van der Waals surface area contributed by atoms with E-state index in [0.717, 1.165) is 19.5 Å². The van der Waals surface area contributed by atoms with Crippen molar-refractivity contribution in [3.05, 3.63) is 16.1 Å². The molecule has 102 valence electrons. The van der Waals surface area contributed by atoms with Gasteiger partial charge in [0, 0.05) is 24.9 Å². The molecule has 2 heterocycles. The lowest BCUT2D eigenvalue weighted by Crippen LogP contribution is -2.21. The second-order valence-corrected chi connectivity index (χ2v) is 6.00. The molecule has 0 aromatic carbocycles. The van der Waals surface area contributed by atoms with Gasteiger partial charge in [-0.1, -0.05) is 13.3 Å². The predicted octanol–water partition coefficient (Wildman–Crippen LogP) is 2.67. The third-order valence-corrected chi connectivity index (χ3v) is 4.41. The molecule has 1 aliphatic rings. The van der Waals surface area contributed by atoms with E-state index in [1.165, 1.54) is 56.0 Å². The van der Waals surface area contributed by atoms with Gasteiger partial charge in [-0.2, -0.15) is 0 Å². The molecule has 0 atom stereocenters. The lowest BCUT2D eigenvalue weighted by atomic mass is 10.3. The molecule has 0 bridgehead atoms. The van der Waals surface area contributed by atoms with Crippen LogP contribution in [-0.2, 0) is 13.0 Å². The number of unbranched alkanes of at least 4 members (excludes halogenated alkanes) is 1. The number of nitrogens with zero attached hydrogens (tertiary/aromatic N) is 2. The molecule has 0 spiro atoms. The standard InChI is InChI=1S/C14H25N3S/c1-2-3-7-15-11-13-12-18-14(16-13)6-10-17-8-4-5-9-17/h12,15H,2-11H2,1H3. The van der Waals surface area contributed by atoms with Crippen molar-refractivity contribution in [1.82, 2.24) is 15.2 Å². The highest BCUT2D eigenvalue weighted by Gasteiger charge is 2.11. The maximum Gasteiger partial charge on any atom is 0.0941 e. The Kier molecular flexibility index (Phi) is 6.11. The van der Waals surface area contributed by atoms with Crippen molar-refractivity contribution in [2.45, 2.75) is 45.6 Å². The van der Waals surface area contributed by atoms with E-state index in [0.29, 0.717) is 0 Å². The molecule has 0 aliphatic carbocycles. The molecular formula is C14H25N3S. The molecule has 0 unspecified atom stereocenters. The fourth-order valence-electron chi connectivity index (χ4n) is 2.32. The average molecular weight is 267 g/mol. The van der Waals surface area contributed by atoms with Crippen LogP contribution in [0.5, 0.6) is 0 Å². The van der Waals surface area contributed by atoms with Gasteiger partial charge in [0.1, 0.15) is 0 Å². The summed E-state index contributed by atoms with van der Waals surface area (Å²) in [6.45, 7) is 8.03. The maximum absolute atomic E-state index is 4.70.